The molecule has 1 aliphatic rings. The lowest BCUT2D eigenvalue weighted by atomic mass is 10.0. The normalized spacial score (nSPS) is 15.7. The number of pyridine rings is 1. The van der Waals surface area contributed by atoms with E-state index in [-0.39, 0.29) is 11.2 Å². The maximum absolute atomic E-state index is 12.6. The van der Waals surface area contributed by atoms with E-state index in [9.17, 15) is 4.79 Å². The zero-order valence-electron chi connectivity index (χ0n) is 14.6. The minimum Gasteiger partial charge on any atom is -0.671 e. The number of carbonyl (C=O) groups is 1. The zero-order valence-corrected chi connectivity index (χ0v) is 15.4. The first-order valence-electron chi connectivity index (χ1n) is 8.68. The summed E-state index contributed by atoms with van der Waals surface area (Å²) in [5.41, 5.74) is 4.37. The van der Waals surface area contributed by atoms with E-state index in [4.69, 9.17) is 5.32 Å². The largest absolute Gasteiger partial charge is 0.671 e. The van der Waals surface area contributed by atoms with Gasteiger partial charge >= 0.3 is 0 Å². The van der Waals surface area contributed by atoms with Crippen molar-refractivity contribution in [2.45, 2.75) is 5.37 Å². The molecule has 1 unspecified atom stereocenters. The molecule has 0 saturated heterocycles. The average Bonchev–Trinajstić information content (AvgIpc) is 3.22. The minimum absolute atomic E-state index is 0.0243. The summed E-state index contributed by atoms with van der Waals surface area (Å²) in [6.07, 6.45) is 3.62. The lowest BCUT2D eigenvalue weighted by Gasteiger charge is -2.27. The second-order valence-electron chi connectivity index (χ2n) is 6.14. The van der Waals surface area contributed by atoms with Gasteiger partial charge in [0.2, 0.25) is 0 Å². The first kappa shape index (κ1) is 17.4. The molecule has 3 aromatic rings. The summed E-state index contributed by atoms with van der Waals surface area (Å²) in [6, 6.07) is 20.9. The lowest BCUT2D eigenvalue weighted by molar-refractivity contribution is 0.103. The van der Waals surface area contributed by atoms with Crippen LogP contribution in [0, 0.1) is 0 Å². The summed E-state index contributed by atoms with van der Waals surface area (Å²) in [5.74, 6) is 0.0243. The predicted octanol–water partition coefficient (Wildman–Crippen LogP) is 5.39. The van der Waals surface area contributed by atoms with E-state index in [0.29, 0.717) is 17.7 Å². The number of nitrogens with zero attached hydrogens (tertiary/aromatic N) is 2. The maximum atomic E-state index is 12.6. The van der Waals surface area contributed by atoms with Gasteiger partial charge in [0, 0.05) is 35.8 Å². The highest BCUT2D eigenvalue weighted by molar-refractivity contribution is 8.02. The molecule has 5 heteroatoms. The third-order valence-electron chi connectivity index (χ3n) is 4.22. The van der Waals surface area contributed by atoms with Crippen LogP contribution in [0.1, 0.15) is 26.9 Å². The number of rotatable bonds is 6. The van der Waals surface area contributed by atoms with Crippen LogP contribution in [0.15, 0.2) is 90.2 Å². The molecule has 4 rings (SSSR count). The standard InChI is InChI=1S/C22H18N3OS/c26-21(16-6-2-1-3-7-16)17-8-4-10-19(12-17)24-14-20-15-27-22(25-20)18-9-5-11-23-13-18/h1-13,15,22,24H,14H2/q-1. The van der Waals surface area contributed by atoms with Gasteiger partial charge in [0.1, 0.15) is 0 Å². The molecular formula is C22H18N3OS-. The van der Waals surface area contributed by atoms with Crippen LogP contribution in [0.5, 0.6) is 0 Å². The number of hydrogen-bond donors (Lipinski definition) is 1. The van der Waals surface area contributed by atoms with Crippen molar-refractivity contribution < 1.29 is 4.79 Å². The lowest BCUT2D eigenvalue weighted by Crippen LogP contribution is -2.06. The van der Waals surface area contributed by atoms with Gasteiger partial charge in [-0.2, -0.15) is 0 Å². The van der Waals surface area contributed by atoms with E-state index >= 15 is 0 Å². The van der Waals surface area contributed by atoms with Gasteiger partial charge in [-0.1, -0.05) is 48.5 Å². The second kappa shape index (κ2) is 8.10. The van der Waals surface area contributed by atoms with Crippen molar-refractivity contribution in [3.05, 3.63) is 112 Å². The molecule has 1 aliphatic heterocycles. The maximum Gasteiger partial charge on any atom is 0.193 e. The molecule has 2 heterocycles. The minimum atomic E-state index is 0.0243. The van der Waals surface area contributed by atoms with Crippen LogP contribution in [-0.4, -0.2) is 17.3 Å². The summed E-state index contributed by atoms with van der Waals surface area (Å²) < 4.78 is 0. The number of aromatic nitrogens is 1. The average molecular weight is 372 g/mol. The van der Waals surface area contributed by atoms with Gasteiger partial charge in [0.15, 0.2) is 5.78 Å². The van der Waals surface area contributed by atoms with Gasteiger partial charge < -0.3 is 10.6 Å². The quantitative estimate of drug-likeness (QED) is 0.590. The molecular weight excluding hydrogens is 354 g/mol. The third kappa shape index (κ3) is 4.20. The van der Waals surface area contributed by atoms with E-state index in [0.717, 1.165) is 16.9 Å². The molecule has 0 saturated carbocycles. The van der Waals surface area contributed by atoms with Gasteiger partial charge in [0.25, 0.3) is 0 Å². The Morgan fingerprint density at radius 3 is 2.70 bits per heavy atom. The summed E-state index contributed by atoms with van der Waals surface area (Å²) in [6.45, 7) is 0.618. The van der Waals surface area contributed by atoms with E-state index in [2.05, 4.69) is 15.7 Å². The molecule has 0 fully saturated rings. The predicted molar refractivity (Wildman–Crippen MR) is 111 cm³/mol. The van der Waals surface area contributed by atoms with Gasteiger partial charge in [-0.15, -0.1) is 17.5 Å². The monoisotopic (exact) mass is 372 g/mol. The highest BCUT2D eigenvalue weighted by Crippen LogP contribution is 2.43. The van der Waals surface area contributed by atoms with Crippen LogP contribution in [0.3, 0.4) is 0 Å². The van der Waals surface area contributed by atoms with Crippen molar-refractivity contribution in [2.24, 2.45) is 0 Å². The number of hydrogen-bond acceptors (Lipinski definition) is 4. The molecule has 1 atom stereocenters. The van der Waals surface area contributed by atoms with Crippen molar-refractivity contribution in [1.29, 1.82) is 0 Å². The molecule has 2 aromatic carbocycles. The van der Waals surface area contributed by atoms with Crippen LogP contribution in [-0.2, 0) is 0 Å². The summed E-state index contributed by atoms with van der Waals surface area (Å²) in [7, 11) is 0. The van der Waals surface area contributed by atoms with Crippen LogP contribution in [0.25, 0.3) is 5.32 Å². The fourth-order valence-corrected chi connectivity index (χ4v) is 3.76. The number of thioether (sulfide) groups is 1. The van der Waals surface area contributed by atoms with E-state index < -0.39 is 0 Å². The number of ketones is 1. The SMILES string of the molecule is O=C(c1ccccc1)c1cccc(NCC2=CSC(c3cccnc3)[N-]2)c1. The Hall–Kier alpha value is -3.05. The number of carbonyl (C=O) groups excluding carboxylic acids is 1. The zero-order chi connectivity index (χ0) is 18.5. The van der Waals surface area contributed by atoms with E-state index in [1.54, 1.807) is 18.0 Å². The van der Waals surface area contributed by atoms with Crippen LogP contribution >= 0.6 is 11.8 Å². The highest BCUT2D eigenvalue weighted by atomic mass is 32.2. The Balaban J connectivity index is 1.38. The molecule has 27 heavy (non-hydrogen) atoms. The molecule has 0 spiro atoms. The molecule has 0 bridgehead atoms. The summed E-state index contributed by atoms with van der Waals surface area (Å²) >= 11 is 1.68. The number of anilines is 1. The van der Waals surface area contributed by atoms with Gasteiger partial charge in [-0.05, 0) is 34.5 Å². The van der Waals surface area contributed by atoms with Crippen molar-refractivity contribution >= 4 is 23.2 Å². The fourth-order valence-electron chi connectivity index (χ4n) is 2.84. The number of nitrogens with one attached hydrogen (secondary N) is 1. The third-order valence-corrected chi connectivity index (χ3v) is 5.26. The second-order valence-corrected chi connectivity index (χ2v) is 7.10. The highest BCUT2D eigenvalue weighted by Gasteiger charge is 2.10. The van der Waals surface area contributed by atoms with Crippen molar-refractivity contribution in [3.8, 4) is 0 Å². The van der Waals surface area contributed by atoms with Gasteiger partial charge in [0.05, 0.1) is 0 Å². The van der Waals surface area contributed by atoms with Crippen LogP contribution < -0.4 is 5.32 Å². The van der Waals surface area contributed by atoms with Crippen LogP contribution in [0.4, 0.5) is 5.69 Å². The smallest absolute Gasteiger partial charge is 0.193 e. The Labute approximate surface area is 162 Å². The molecule has 0 amide bonds. The van der Waals surface area contributed by atoms with Crippen LogP contribution in [0.2, 0.25) is 0 Å². The molecule has 1 aromatic heterocycles. The van der Waals surface area contributed by atoms with E-state index in [1.165, 1.54) is 0 Å². The summed E-state index contributed by atoms with van der Waals surface area (Å²) in [5, 5.41) is 10.2. The topological polar surface area (TPSA) is 56.1 Å². The van der Waals surface area contributed by atoms with Crippen molar-refractivity contribution in [2.75, 3.05) is 11.9 Å². The Kier molecular flexibility index (Phi) is 5.21. The fraction of sp³-hybridized carbons (Fsp3) is 0.0909. The van der Waals surface area contributed by atoms with Gasteiger partial charge in [-0.25, -0.2) is 0 Å². The molecule has 0 radical (unpaired) electrons. The first-order valence-corrected chi connectivity index (χ1v) is 9.63. The molecule has 4 nitrogen and oxygen atoms in total. The number of benzene rings is 2. The molecule has 1 N–H and O–H groups in total. The van der Waals surface area contributed by atoms with E-state index in [1.807, 2.05) is 72.9 Å². The Bertz CT molecular complexity index is 958. The van der Waals surface area contributed by atoms with Crippen molar-refractivity contribution in [3.63, 3.8) is 0 Å². The molecule has 134 valence electrons. The molecule has 0 aliphatic carbocycles. The van der Waals surface area contributed by atoms with Gasteiger partial charge in [-0.3, -0.25) is 9.78 Å². The Morgan fingerprint density at radius 1 is 1.04 bits per heavy atom. The Morgan fingerprint density at radius 2 is 1.89 bits per heavy atom. The van der Waals surface area contributed by atoms with Crippen molar-refractivity contribution in [1.82, 2.24) is 4.98 Å². The first-order chi connectivity index (χ1) is 13.3. The summed E-state index contributed by atoms with van der Waals surface area (Å²) in [4.78, 5) is 16.7.